The number of aliphatic hydroxyl groups is 6. The third-order valence-electron chi connectivity index (χ3n) is 21.4. The Morgan fingerprint density at radius 1 is 0.200 bits per heavy atom. The van der Waals surface area contributed by atoms with Crippen molar-refractivity contribution in [3.63, 3.8) is 0 Å². The van der Waals surface area contributed by atoms with Crippen molar-refractivity contribution >= 4 is 0 Å². The van der Waals surface area contributed by atoms with Gasteiger partial charge in [0, 0.05) is 16.4 Å². The summed E-state index contributed by atoms with van der Waals surface area (Å²) in [6.07, 6.45) is -20.7. The standard InChI is InChI=1S/6C21H28O4/c6*1-16-7-6-10-19(13-16)25-15-18(22)9-5-4-8-17-11-12-20(23-2)21(14-17)24-3/h6*6-7,10-14,18,22H,4-5,8-9,15H2,1-3H3/i2D3,3D3,8D2,15D2;3D3,8D2,15D2;3D3,4D2,15D2;2D3,8D2,15D2;2D3,4D2,15D2;4D2,15D2. The molecule has 0 heterocycles. The smallest absolute Gasteiger partial charge is 0.160 e. The zero-order valence-electron chi connectivity index (χ0n) is 128. The fourth-order valence-corrected chi connectivity index (χ4v) is 13.6. The van der Waals surface area contributed by atoms with Crippen molar-refractivity contribution in [3.8, 4) is 103 Å². The van der Waals surface area contributed by atoms with Crippen LogP contribution in [-0.2, 0) is 38.4 Å². The molecule has 6 N–H and O–H groups in total. The van der Waals surface area contributed by atoms with E-state index in [9.17, 15) is 30.6 Å². The van der Waals surface area contributed by atoms with Crippen LogP contribution in [0.5, 0.6) is 103 Å². The topological polar surface area (TPSA) is 288 Å². The fraction of sp³-hybridized carbons (Fsp3) is 0.429. The lowest BCUT2D eigenvalue weighted by Gasteiger charge is -2.13. The van der Waals surface area contributed by atoms with E-state index in [1.54, 1.807) is 133 Å². The molecule has 6 unspecified atom stereocenters. The van der Waals surface area contributed by atoms with E-state index in [-0.39, 0.29) is 201 Å². The number of aryl methyl sites for hydroxylation is 12. The molecule has 0 saturated heterocycles. The highest BCUT2D eigenvalue weighted by molar-refractivity contribution is 5.48. The van der Waals surface area contributed by atoms with Crippen LogP contribution in [-0.4, -0.2) is 192 Å². The van der Waals surface area contributed by atoms with Crippen LogP contribution >= 0.6 is 0 Å². The minimum atomic E-state index is -2.93. The van der Waals surface area contributed by atoms with E-state index < -0.39 is 162 Å². The molecule has 0 amide bonds. The molecular formula is C126H168O24. The largest absolute Gasteiger partial charge is 0.493 e. The SMILES string of the molecule is [2H]C([2H])(CCC(O)C([2H])([2H])Oc1cccc(C)c1)Cc1ccc(OC([2H])([2H])[2H])c(OC)c1.[2H]C([2H])(CCC(O)C([2H])([2H])Oc1cccc(C)c1)Cc1ccc(OC)c(OC([2H])([2H])[2H])c1.[2H]C([2H])(CCC(O)C([2H])([2H])Oc1cccc(C)c1)Cc1ccc(OC)c(OC)c1.[2H]C([2H])([2H])Oc1cc(C([2H])([2H])CCCC(O)C([2H])([2H])Oc2cccc(C)c2)ccc1OC.[2H]C([2H])([2H])Oc1ccc(C([2H])([2H])CCCC(O)C([2H])([2H])Oc2cccc(C)c2)cc1OC.[2H]C([2H])([2H])Oc1ccc(C([2H])([2H])CCCC(O)C([2H])([2H])Oc2cccc(C)c2)cc1OC([2H])([2H])[2H]. The molecule has 6 atom stereocenters. The third kappa shape index (κ3) is 49.5. The number of benzene rings is 12. The van der Waals surface area contributed by atoms with Gasteiger partial charge in [0.1, 0.15) is 73.9 Å². The molecule has 150 heavy (non-hydrogen) atoms. The van der Waals surface area contributed by atoms with Crippen LogP contribution in [0, 0.1) is 41.5 Å². The number of hydrogen-bond acceptors (Lipinski definition) is 24. The van der Waals surface area contributed by atoms with Crippen molar-refractivity contribution < 1.29 is 173 Å². The summed E-state index contributed by atoms with van der Waals surface area (Å²) in [5.41, 5.74) is 7.50. The second kappa shape index (κ2) is 72.3. The van der Waals surface area contributed by atoms with Crippen molar-refractivity contribution in [1.82, 2.24) is 0 Å². The second-order valence-electron chi connectivity index (χ2n) is 33.6. The molecule has 816 valence electrons. The molecule has 0 aliphatic heterocycles. The van der Waals surface area contributed by atoms with Crippen LogP contribution in [0.25, 0.3) is 0 Å². The van der Waals surface area contributed by atoms with Crippen molar-refractivity contribution in [3.05, 3.63) is 322 Å². The summed E-state index contributed by atoms with van der Waals surface area (Å²) in [4.78, 5) is 0. The van der Waals surface area contributed by atoms with E-state index in [0.29, 0.717) is 39.9 Å². The quantitative estimate of drug-likeness (QED) is 0.0206. The molecule has 24 heteroatoms. The summed E-state index contributed by atoms with van der Waals surface area (Å²) in [6.45, 7) is -3.16. The van der Waals surface area contributed by atoms with Gasteiger partial charge in [-0.25, -0.2) is 0 Å². The maximum Gasteiger partial charge on any atom is 0.160 e. The number of aliphatic hydroxyl groups excluding tert-OH is 6. The molecule has 0 spiro atoms. The predicted octanol–water partition coefficient (Wildman–Crippen LogP) is 25.0. The van der Waals surface area contributed by atoms with Gasteiger partial charge < -0.3 is 116 Å². The lowest BCUT2D eigenvalue weighted by molar-refractivity contribution is 0.0976. The van der Waals surface area contributed by atoms with Gasteiger partial charge in [0.25, 0.3) is 0 Å². The lowest BCUT2D eigenvalue weighted by Crippen LogP contribution is -2.17. The summed E-state index contributed by atoms with van der Waals surface area (Å²) < 4.78 is 418. The highest BCUT2D eigenvalue weighted by atomic mass is 16.5. The molecular weight excluding hydrogens is 1900 g/mol. The van der Waals surface area contributed by atoms with Gasteiger partial charge in [0.15, 0.2) is 69.0 Å². The average Bonchev–Trinajstić information content (AvgIpc) is 0.807. The zero-order valence-corrected chi connectivity index (χ0v) is 86.5. The Kier molecular flexibility index (Phi) is 35.6. The first-order valence-corrected chi connectivity index (χ1v) is 48.2. The van der Waals surface area contributed by atoms with Crippen LogP contribution in [0.3, 0.4) is 0 Å². The summed E-state index contributed by atoms with van der Waals surface area (Å²) in [5, 5.41) is 61.8. The van der Waals surface area contributed by atoms with Gasteiger partial charge in [-0.3, -0.25) is 0 Å². The van der Waals surface area contributed by atoms with Crippen molar-refractivity contribution in [2.45, 2.75) is 232 Å². The molecule has 12 aromatic carbocycles. The maximum atomic E-state index is 10.3. The summed E-state index contributed by atoms with van der Waals surface area (Å²) in [6, 6.07) is 66.7. The molecule has 0 radical (unpaired) electrons. The first kappa shape index (κ1) is 73.9. The molecule has 0 bridgehead atoms. The zero-order chi connectivity index (χ0) is 145. The van der Waals surface area contributed by atoms with Crippen LogP contribution in [0.1, 0.15) is 240 Å². The number of hydrogen-bond donors (Lipinski definition) is 6. The van der Waals surface area contributed by atoms with Crippen molar-refractivity contribution in [2.24, 2.45) is 0 Å². The molecule has 24 nitrogen and oxygen atoms in total. The third-order valence-corrected chi connectivity index (χ3v) is 21.4. The Labute approximate surface area is 952 Å². The Morgan fingerprint density at radius 3 is 0.567 bits per heavy atom. The normalized spacial score (nSPS) is 17.6. The van der Waals surface area contributed by atoms with Gasteiger partial charge in [-0.1, -0.05) is 148 Å². The van der Waals surface area contributed by atoms with Gasteiger partial charge in [0.05, 0.1) is 163 Å². The van der Waals surface area contributed by atoms with E-state index in [2.05, 4.69) is 0 Å². The Hall–Kier alpha value is -13.2. The van der Waals surface area contributed by atoms with Gasteiger partial charge in [-0.15, -0.1) is 0 Å². The van der Waals surface area contributed by atoms with E-state index in [0.717, 1.165) is 51.1 Å². The molecule has 0 aromatic heterocycles. The number of rotatable bonds is 60. The Morgan fingerprint density at radius 2 is 0.373 bits per heavy atom. The maximum absolute atomic E-state index is 10.3. The number of ether oxygens (including phenoxy) is 18. The van der Waals surface area contributed by atoms with Gasteiger partial charge in [-0.2, -0.15) is 0 Å². The van der Waals surface area contributed by atoms with E-state index in [1.165, 1.54) is 115 Å². The van der Waals surface area contributed by atoms with Crippen LogP contribution in [0.15, 0.2) is 255 Å². The predicted molar refractivity (Wildman–Crippen MR) is 599 cm³/mol. The Bertz CT molecular complexity index is 7680. The monoisotopic (exact) mass is 2110 g/mol. The van der Waals surface area contributed by atoms with E-state index in [1.807, 2.05) is 77.9 Å². The van der Waals surface area contributed by atoms with Crippen molar-refractivity contribution in [2.75, 3.05) is 124 Å². The molecule has 0 saturated carbocycles. The molecule has 12 rings (SSSR count). The van der Waals surface area contributed by atoms with E-state index in [4.69, 9.17) is 143 Å². The average molecular weight is 2110 g/mol. The minimum absolute atomic E-state index is 0.00292. The first-order chi connectivity index (χ1) is 88.3. The van der Waals surface area contributed by atoms with Gasteiger partial charge in [0.2, 0.25) is 0 Å². The summed E-state index contributed by atoms with van der Waals surface area (Å²) >= 11 is 0. The van der Waals surface area contributed by atoms with Gasteiger partial charge >= 0.3 is 0 Å². The molecule has 0 aliphatic rings. The minimum Gasteiger partial charge on any atom is -0.493 e. The van der Waals surface area contributed by atoms with Crippen LogP contribution in [0.4, 0.5) is 0 Å². The van der Waals surface area contributed by atoms with Crippen LogP contribution < -0.4 is 85.3 Å². The fourth-order valence-electron chi connectivity index (χ4n) is 13.6. The molecule has 12 aromatic rings. The highest BCUT2D eigenvalue weighted by Crippen LogP contribution is 2.36. The van der Waals surface area contributed by atoms with Crippen LogP contribution in [0.2, 0.25) is 0 Å². The first-order valence-electron chi connectivity index (χ1n) is 69.2. The number of methoxy groups -OCH3 is 12. The van der Waals surface area contributed by atoms with E-state index >= 15 is 0 Å². The summed E-state index contributed by atoms with van der Waals surface area (Å²) in [5.74, 6) is 2.48. The molecule has 0 aliphatic carbocycles. The molecule has 0 fully saturated rings. The summed E-state index contributed by atoms with van der Waals surface area (Å²) in [7, 11) is -8.05. The highest BCUT2D eigenvalue weighted by Gasteiger charge is 2.18. The van der Waals surface area contributed by atoms with Gasteiger partial charge in [-0.05, 0) is 369 Å². The van der Waals surface area contributed by atoms with Crippen molar-refractivity contribution in [1.29, 1.82) is 0 Å². The Balaban J connectivity index is 0.000000306. The lowest BCUT2D eigenvalue weighted by atomic mass is 10.0. The second-order valence-corrected chi connectivity index (χ2v) is 33.6.